The van der Waals surface area contributed by atoms with E-state index >= 15 is 0 Å². The van der Waals surface area contributed by atoms with Gasteiger partial charge in [-0.1, -0.05) is 25.5 Å². The predicted octanol–water partition coefficient (Wildman–Crippen LogP) is 5.69. The van der Waals surface area contributed by atoms with Crippen LogP contribution in [0.25, 0.3) is 0 Å². The second-order valence-electron chi connectivity index (χ2n) is 9.84. The molecule has 3 saturated carbocycles. The van der Waals surface area contributed by atoms with E-state index in [1.54, 1.807) is 0 Å². The Labute approximate surface area is 174 Å². The number of allylic oxidation sites excluding steroid dienone is 1. The highest BCUT2D eigenvalue weighted by Gasteiger charge is 2.59. The third kappa shape index (κ3) is 2.84. The molecular formula is C23H30O3S2. The summed E-state index contributed by atoms with van der Waals surface area (Å²) in [5, 5.41) is 1.96. The first-order chi connectivity index (χ1) is 13.4. The maximum Gasteiger partial charge on any atom is 0.199 e. The molecule has 3 fully saturated rings. The van der Waals surface area contributed by atoms with E-state index in [0.717, 1.165) is 42.2 Å². The number of carbonyl (C=O) groups is 1. The Morgan fingerprint density at radius 2 is 1.96 bits per heavy atom. The number of ketones is 1. The van der Waals surface area contributed by atoms with Gasteiger partial charge in [0.1, 0.15) is 4.21 Å². The average molecular weight is 419 g/mol. The molecule has 28 heavy (non-hydrogen) atoms. The standard InChI is InChI=1S/C23H30O3S2/c1-22-11-9-16(24)14-15(22)5-6-17-18-7-8-20(23(18,2)12-10-19(17)22)26-28(25)21-4-3-13-27-21/h3-4,13-14,17-20H,5-12H2,1-2H3/t17-,18-,19-,20?,22-,23-,28?/m0/s1. The molecule has 5 heteroatoms. The molecule has 0 N–H and O–H groups in total. The summed E-state index contributed by atoms with van der Waals surface area (Å²) in [7, 11) is 0. The molecule has 5 rings (SSSR count). The van der Waals surface area contributed by atoms with Gasteiger partial charge < -0.3 is 0 Å². The van der Waals surface area contributed by atoms with Gasteiger partial charge >= 0.3 is 0 Å². The van der Waals surface area contributed by atoms with Gasteiger partial charge in [0.15, 0.2) is 16.9 Å². The van der Waals surface area contributed by atoms with Crippen molar-refractivity contribution in [1.82, 2.24) is 0 Å². The van der Waals surface area contributed by atoms with Gasteiger partial charge in [0, 0.05) is 6.42 Å². The molecule has 1 aromatic rings. The lowest BCUT2D eigenvalue weighted by Gasteiger charge is -2.57. The third-order valence-electron chi connectivity index (χ3n) is 8.74. The zero-order chi connectivity index (χ0) is 19.5. The van der Waals surface area contributed by atoms with E-state index in [1.807, 2.05) is 23.6 Å². The molecule has 0 bridgehead atoms. The molecule has 0 aromatic carbocycles. The second-order valence-corrected chi connectivity index (χ2v) is 12.2. The number of hydrogen-bond acceptors (Lipinski definition) is 4. The Morgan fingerprint density at radius 3 is 2.75 bits per heavy atom. The molecule has 0 spiro atoms. The maximum atomic E-state index is 12.7. The number of thiophene rings is 1. The Balaban J connectivity index is 1.38. The summed E-state index contributed by atoms with van der Waals surface area (Å²) < 4.78 is 19.7. The van der Waals surface area contributed by atoms with Gasteiger partial charge in [-0.05, 0) is 91.1 Å². The van der Waals surface area contributed by atoms with Gasteiger partial charge in [0.05, 0.1) is 6.10 Å². The van der Waals surface area contributed by atoms with Gasteiger partial charge in [-0.3, -0.25) is 8.98 Å². The molecular weight excluding hydrogens is 388 g/mol. The molecule has 4 aliphatic rings. The Bertz CT molecular complexity index is 829. The van der Waals surface area contributed by atoms with E-state index in [-0.39, 0.29) is 16.9 Å². The van der Waals surface area contributed by atoms with Crippen LogP contribution in [0, 0.1) is 28.6 Å². The molecule has 0 radical (unpaired) electrons. The van der Waals surface area contributed by atoms with Crippen LogP contribution in [0.2, 0.25) is 0 Å². The molecule has 4 aliphatic carbocycles. The van der Waals surface area contributed by atoms with Crippen LogP contribution in [0.15, 0.2) is 33.4 Å². The second kappa shape index (κ2) is 6.88. The number of carbonyl (C=O) groups excluding carboxylic acids is 1. The van der Waals surface area contributed by atoms with Crippen molar-refractivity contribution in [2.24, 2.45) is 28.6 Å². The van der Waals surface area contributed by atoms with Crippen LogP contribution < -0.4 is 0 Å². The van der Waals surface area contributed by atoms with Crippen molar-refractivity contribution in [3.05, 3.63) is 29.2 Å². The van der Waals surface area contributed by atoms with Crippen molar-refractivity contribution in [3.8, 4) is 0 Å². The Morgan fingerprint density at radius 1 is 1.11 bits per heavy atom. The van der Waals surface area contributed by atoms with Gasteiger partial charge in [0.25, 0.3) is 0 Å². The fourth-order valence-corrected chi connectivity index (χ4v) is 9.04. The zero-order valence-electron chi connectivity index (χ0n) is 16.8. The van der Waals surface area contributed by atoms with E-state index in [4.69, 9.17) is 4.18 Å². The van der Waals surface area contributed by atoms with Crippen molar-refractivity contribution in [3.63, 3.8) is 0 Å². The van der Waals surface area contributed by atoms with E-state index in [1.165, 1.54) is 36.2 Å². The largest absolute Gasteiger partial charge is 0.295 e. The number of fused-ring (bicyclic) bond motifs is 5. The molecule has 2 unspecified atom stereocenters. The first-order valence-corrected chi connectivity index (χ1v) is 12.7. The van der Waals surface area contributed by atoms with Gasteiger partial charge in [-0.15, -0.1) is 11.3 Å². The number of rotatable bonds is 3. The van der Waals surface area contributed by atoms with Gasteiger partial charge in [-0.2, -0.15) is 0 Å². The first-order valence-electron chi connectivity index (χ1n) is 10.8. The van der Waals surface area contributed by atoms with E-state index in [9.17, 15) is 9.00 Å². The molecule has 7 atom stereocenters. The highest BCUT2D eigenvalue weighted by atomic mass is 32.2. The molecule has 0 saturated heterocycles. The SMILES string of the molecule is C[C@]12CCC(=O)C=C1CC[C@@H]1[C@@H]2CC[C@]2(C)C(OS(=O)c3cccs3)CC[C@@H]12. The quantitative estimate of drug-likeness (QED) is 0.633. The third-order valence-corrected chi connectivity index (χ3v) is 11.0. The van der Waals surface area contributed by atoms with Crippen LogP contribution in [0.1, 0.15) is 65.2 Å². The maximum absolute atomic E-state index is 12.7. The van der Waals surface area contributed by atoms with Crippen LogP contribution in [0.4, 0.5) is 0 Å². The highest BCUT2D eigenvalue weighted by Crippen LogP contribution is 2.65. The predicted molar refractivity (Wildman–Crippen MR) is 112 cm³/mol. The van der Waals surface area contributed by atoms with E-state index < -0.39 is 11.1 Å². The molecule has 1 aromatic heterocycles. The molecule has 152 valence electrons. The fourth-order valence-electron chi connectivity index (χ4n) is 7.18. The van der Waals surface area contributed by atoms with Crippen molar-refractivity contribution < 1.29 is 13.2 Å². The lowest BCUT2D eigenvalue weighted by Crippen LogP contribution is -2.51. The summed E-state index contributed by atoms with van der Waals surface area (Å²) >= 11 is 0.174. The monoisotopic (exact) mass is 418 g/mol. The lowest BCUT2D eigenvalue weighted by molar-refractivity contribution is -0.117. The summed E-state index contributed by atoms with van der Waals surface area (Å²) in [6.45, 7) is 4.83. The minimum atomic E-state index is -1.34. The Hall–Kier alpha value is -0.780. The average Bonchev–Trinajstić information content (AvgIpc) is 3.31. The first kappa shape index (κ1) is 19.2. The smallest absolute Gasteiger partial charge is 0.199 e. The summed E-state index contributed by atoms with van der Waals surface area (Å²) in [5.74, 6) is 2.41. The summed E-state index contributed by atoms with van der Waals surface area (Å²) in [5.41, 5.74) is 1.78. The minimum absolute atomic E-state index is 0.0964. The minimum Gasteiger partial charge on any atom is -0.295 e. The van der Waals surface area contributed by atoms with Crippen LogP contribution in [0.3, 0.4) is 0 Å². The van der Waals surface area contributed by atoms with Crippen molar-refractivity contribution in [2.45, 2.75) is 75.5 Å². The van der Waals surface area contributed by atoms with E-state index in [2.05, 4.69) is 13.8 Å². The molecule has 3 nitrogen and oxygen atoms in total. The van der Waals surface area contributed by atoms with Gasteiger partial charge in [0.2, 0.25) is 0 Å². The normalized spacial score (nSPS) is 43.6. The summed E-state index contributed by atoms with van der Waals surface area (Å²) in [4.78, 5) is 12.0. The van der Waals surface area contributed by atoms with E-state index in [0.29, 0.717) is 17.6 Å². The lowest BCUT2D eigenvalue weighted by atomic mass is 9.47. The Kier molecular flexibility index (Phi) is 4.72. The molecule has 0 amide bonds. The van der Waals surface area contributed by atoms with Crippen LogP contribution in [0.5, 0.6) is 0 Å². The summed E-state index contributed by atoms with van der Waals surface area (Å²) in [6.07, 6.45) is 10.7. The van der Waals surface area contributed by atoms with Crippen LogP contribution in [-0.4, -0.2) is 16.1 Å². The van der Waals surface area contributed by atoms with Crippen LogP contribution in [-0.2, 0) is 20.1 Å². The van der Waals surface area contributed by atoms with Gasteiger partial charge in [-0.25, -0.2) is 4.21 Å². The highest BCUT2D eigenvalue weighted by molar-refractivity contribution is 7.82. The summed E-state index contributed by atoms with van der Waals surface area (Å²) in [6, 6.07) is 3.85. The van der Waals surface area contributed by atoms with Crippen molar-refractivity contribution in [2.75, 3.05) is 0 Å². The van der Waals surface area contributed by atoms with Crippen molar-refractivity contribution >= 4 is 28.2 Å². The zero-order valence-corrected chi connectivity index (χ0v) is 18.4. The topological polar surface area (TPSA) is 43.4 Å². The van der Waals surface area contributed by atoms with Crippen molar-refractivity contribution in [1.29, 1.82) is 0 Å². The molecule has 0 aliphatic heterocycles. The fraction of sp³-hybridized carbons (Fsp3) is 0.696. The number of hydrogen-bond donors (Lipinski definition) is 0. The molecule has 1 heterocycles. The van der Waals surface area contributed by atoms with Crippen LogP contribution >= 0.6 is 11.3 Å².